The van der Waals surface area contributed by atoms with Gasteiger partial charge < -0.3 is 29.4 Å². The Kier molecular flexibility index (Phi) is 18.0. The molecule has 9 nitrogen and oxygen atoms in total. The van der Waals surface area contributed by atoms with Gasteiger partial charge in [-0.15, -0.1) is 11.8 Å². The molecule has 0 spiro atoms. The highest BCUT2D eigenvalue weighted by Crippen LogP contribution is 2.36. The van der Waals surface area contributed by atoms with Gasteiger partial charge in [0.15, 0.2) is 10.8 Å². The molecule has 1 heterocycles. The number of likely N-dealkylation sites (N-methyl/N-ethyl adjacent to an activating group) is 1. The van der Waals surface area contributed by atoms with Gasteiger partial charge in [-0.1, -0.05) is 66.2 Å². The molecule has 62 heavy (non-hydrogen) atoms. The maximum absolute atomic E-state index is 14.0. The quantitative estimate of drug-likeness (QED) is 0.0342. The number of anilines is 2. The SMILES string of the molecule is CN(CCOP(O)O)CCC(CSc1ccccc1)Nc1ccc(SNC(=O)c2ccc(N3CCC(Cc4ccccc4-c4ccc(Cl)cc4)CC3)cc2)cc1S(=O)C(F)(F)F. The van der Waals surface area contributed by atoms with E-state index in [0.717, 1.165) is 60.4 Å². The number of alkyl halides is 3. The van der Waals surface area contributed by atoms with Gasteiger partial charge in [-0.2, -0.15) is 13.2 Å². The molecule has 1 saturated heterocycles. The molecule has 330 valence electrons. The van der Waals surface area contributed by atoms with Crippen LogP contribution in [0.25, 0.3) is 11.1 Å². The van der Waals surface area contributed by atoms with Crippen LogP contribution in [-0.2, 0) is 21.7 Å². The second kappa shape index (κ2) is 23.3. The number of carbonyl (C=O) groups is 1. The summed E-state index contributed by atoms with van der Waals surface area (Å²) in [7, 11) is -3.99. The first-order valence-electron chi connectivity index (χ1n) is 20.0. The number of thioether (sulfide) groups is 1. The molecule has 17 heteroatoms. The summed E-state index contributed by atoms with van der Waals surface area (Å²) >= 11 is 8.52. The van der Waals surface area contributed by atoms with Crippen LogP contribution in [0.2, 0.25) is 5.02 Å². The van der Waals surface area contributed by atoms with Gasteiger partial charge in [0.05, 0.1) is 17.2 Å². The fourth-order valence-electron chi connectivity index (χ4n) is 7.16. The molecular weight excluding hydrogens is 896 g/mol. The lowest BCUT2D eigenvalue weighted by Gasteiger charge is -2.34. The van der Waals surface area contributed by atoms with E-state index in [1.165, 1.54) is 35.0 Å². The smallest absolute Gasteiger partial charge is 0.380 e. The van der Waals surface area contributed by atoms with Crippen LogP contribution < -0.4 is 14.9 Å². The third kappa shape index (κ3) is 14.4. The molecular formula is C45H49ClF3N4O5PS3. The molecule has 2 atom stereocenters. The number of hydrogen-bond acceptors (Lipinski definition) is 10. The summed E-state index contributed by atoms with van der Waals surface area (Å²) in [5, 5.41) is 3.94. The molecule has 5 aromatic carbocycles. The number of hydrogen-bond donors (Lipinski definition) is 4. The van der Waals surface area contributed by atoms with Crippen molar-refractivity contribution in [1.29, 1.82) is 0 Å². The summed E-state index contributed by atoms with van der Waals surface area (Å²) in [5.74, 6) is 0.618. The second-order valence-electron chi connectivity index (χ2n) is 14.9. The normalized spacial score (nSPS) is 14.6. The largest absolute Gasteiger partial charge is 0.475 e. The van der Waals surface area contributed by atoms with E-state index in [1.54, 1.807) is 18.2 Å². The van der Waals surface area contributed by atoms with E-state index in [9.17, 15) is 22.2 Å². The first kappa shape index (κ1) is 47.8. The van der Waals surface area contributed by atoms with Crippen molar-refractivity contribution in [2.75, 3.05) is 55.8 Å². The van der Waals surface area contributed by atoms with Gasteiger partial charge in [0.1, 0.15) is 0 Å². The number of piperidine rings is 1. The minimum atomic E-state index is -5.02. The van der Waals surface area contributed by atoms with Crippen molar-refractivity contribution in [1.82, 2.24) is 9.62 Å². The van der Waals surface area contributed by atoms with Crippen LogP contribution in [-0.4, -0.2) is 81.9 Å². The lowest BCUT2D eigenvalue weighted by Crippen LogP contribution is -2.34. The summed E-state index contributed by atoms with van der Waals surface area (Å²) in [5.41, 5.74) is 0.177. The molecule has 0 radical (unpaired) electrons. The first-order chi connectivity index (χ1) is 29.8. The molecule has 5 aromatic rings. The van der Waals surface area contributed by atoms with Crippen molar-refractivity contribution in [3.63, 3.8) is 0 Å². The maximum Gasteiger partial charge on any atom is 0.475 e. The van der Waals surface area contributed by atoms with Crippen LogP contribution in [0.4, 0.5) is 24.5 Å². The number of benzene rings is 5. The average molecular weight is 946 g/mol. The number of rotatable bonds is 20. The van der Waals surface area contributed by atoms with E-state index in [4.69, 9.17) is 25.9 Å². The van der Waals surface area contributed by atoms with Crippen molar-refractivity contribution in [3.8, 4) is 11.1 Å². The monoisotopic (exact) mass is 944 g/mol. The first-order valence-corrected chi connectivity index (χ1v) is 24.5. The van der Waals surface area contributed by atoms with Crippen LogP contribution >= 0.6 is 43.9 Å². The number of halogens is 4. The summed E-state index contributed by atoms with van der Waals surface area (Å²) in [6, 6.07) is 37.3. The van der Waals surface area contributed by atoms with Crippen LogP contribution in [0.1, 0.15) is 35.2 Å². The van der Waals surface area contributed by atoms with Crippen LogP contribution in [0.15, 0.2) is 136 Å². The van der Waals surface area contributed by atoms with Crippen LogP contribution in [0.5, 0.6) is 0 Å². The third-order valence-corrected chi connectivity index (χ3v) is 14.3. The van der Waals surface area contributed by atoms with Crippen molar-refractivity contribution in [2.24, 2.45) is 5.92 Å². The molecule has 1 aliphatic rings. The molecule has 2 unspecified atom stereocenters. The van der Waals surface area contributed by atoms with Crippen LogP contribution in [0, 0.1) is 5.92 Å². The Hall–Kier alpha value is -3.63. The van der Waals surface area contributed by atoms with Gasteiger partial charge in [0.25, 0.3) is 5.91 Å². The summed E-state index contributed by atoms with van der Waals surface area (Å²) < 4.78 is 62.5. The maximum atomic E-state index is 14.0. The summed E-state index contributed by atoms with van der Waals surface area (Å²) in [4.78, 5) is 36.4. The predicted octanol–water partition coefficient (Wildman–Crippen LogP) is 10.7. The molecule has 6 rings (SSSR count). The van der Waals surface area contributed by atoms with Crippen molar-refractivity contribution >= 4 is 72.0 Å². The summed E-state index contributed by atoms with van der Waals surface area (Å²) in [6.45, 7) is 2.80. The molecule has 0 bridgehead atoms. The van der Waals surface area contributed by atoms with Gasteiger partial charge in [-0.25, -0.2) is 4.21 Å². The highest BCUT2D eigenvalue weighted by Gasteiger charge is 2.39. The van der Waals surface area contributed by atoms with Gasteiger partial charge >= 0.3 is 14.1 Å². The van der Waals surface area contributed by atoms with Crippen molar-refractivity contribution in [3.05, 3.63) is 137 Å². The fraction of sp³-hybridized carbons (Fsp3) is 0.311. The highest BCUT2D eigenvalue weighted by atomic mass is 35.5. The molecule has 4 N–H and O–H groups in total. The zero-order valence-corrected chi connectivity index (χ0v) is 38.1. The fourth-order valence-corrected chi connectivity index (χ4v) is 10.1. The Balaban J connectivity index is 1.05. The molecule has 0 saturated carbocycles. The Labute approximate surface area is 378 Å². The van der Waals surface area contributed by atoms with Crippen LogP contribution in [0.3, 0.4) is 0 Å². The van der Waals surface area contributed by atoms with E-state index in [0.29, 0.717) is 41.8 Å². The molecule has 1 fully saturated rings. The van der Waals surface area contributed by atoms with E-state index < -0.39 is 35.7 Å². The Morgan fingerprint density at radius 2 is 1.63 bits per heavy atom. The molecule has 1 aliphatic heterocycles. The number of amides is 1. The minimum Gasteiger partial charge on any atom is -0.380 e. The summed E-state index contributed by atoms with van der Waals surface area (Å²) in [6.07, 6.45) is 3.55. The minimum absolute atomic E-state index is 0.0783. The van der Waals surface area contributed by atoms with E-state index in [-0.39, 0.29) is 23.2 Å². The number of nitrogens with one attached hydrogen (secondary N) is 2. The highest BCUT2D eigenvalue weighted by molar-refractivity contribution is 7.99. The lowest BCUT2D eigenvalue weighted by atomic mass is 9.87. The van der Waals surface area contributed by atoms with E-state index in [1.807, 2.05) is 66.5 Å². The Morgan fingerprint density at radius 1 is 0.935 bits per heavy atom. The average Bonchev–Trinajstić information content (AvgIpc) is 3.27. The molecule has 0 aromatic heterocycles. The molecule has 1 amide bonds. The Morgan fingerprint density at radius 3 is 2.32 bits per heavy atom. The number of nitrogens with zero attached hydrogens (tertiary/aromatic N) is 2. The van der Waals surface area contributed by atoms with Gasteiger partial charge in [0, 0.05) is 57.5 Å². The Bertz CT molecular complexity index is 2220. The van der Waals surface area contributed by atoms with E-state index >= 15 is 0 Å². The molecule has 0 aliphatic carbocycles. The van der Waals surface area contributed by atoms with Gasteiger partial charge in [-0.3, -0.25) is 9.52 Å². The zero-order chi connectivity index (χ0) is 44.1. The zero-order valence-electron chi connectivity index (χ0n) is 34.0. The number of carbonyl (C=O) groups excluding carboxylic acids is 1. The lowest BCUT2D eigenvalue weighted by molar-refractivity contribution is -0.0384. The van der Waals surface area contributed by atoms with Crippen molar-refractivity contribution in [2.45, 2.75) is 51.9 Å². The van der Waals surface area contributed by atoms with Crippen molar-refractivity contribution < 1.29 is 36.5 Å². The van der Waals surface area contributed by atoms with Gasteiger partial charge in [0.2, 0.25) is 0 Å². The van der Waals surface area contributed by atoms with E-state index in [2.05, 4.69) is 51.3 Å². The topological polar surface area (TPSA) is 114 Å². The third-order valence-electron chi connectivity index (χ3n) is 10.5. The predicted molar refractivity (Wildman–Crippen MR) is 248 cm³/mol. The van der Waals surface area contributed by atoms with Gasteiger partial charge in [-0.05, 0) is 141 Å². The standard InChI is InChI=1S/C45H49ClF3N4O5PS3/c1-52(27-28-58-59(55)56)24-23-37(31-60-39-8-3-2-4-9-39)50-42-20-19-40(30-43(42)62(57)45(47,48)49)61-51-44(54)34-13-17-38(18-14-34)53-25-21-32(22-26-53)29-35-7-5-6-10-41(35)33-11-15-36(46)16-12-33/h2-20,30,32,37,50,55-56H,21-29,31H2,1H3,(H,51,54). The second-order valence-corrected chi connectivity index (χ2v) is 19.5.